The van der Waals surface area contributed by atoms with Crippen molar-refractivity contribution in [2.75, 3.05) is 7.05 Å². The lowest BCUT2D eigenvalue weighted by molar-refractivity contribution is 0.410. The van der Waals surface area contributed by atoms with Gasteiger partial charge in [-0.1, -0.05) is 19.3 Å². The van der Waals surface area contributed by atoms with E-state index in [0.29, 0.717) is 0 Å². The molecule has 5 heteroatoms. The Hall–Kier alpha value is -0.130. The minimum absolute atomic E-state index is 0.149. The first-order valence-electron chi connectivity index (χ1n) is 4.35. The first-order valence-corrected chi connectivity index (χ1v) is 5.83. The molecule has 1 fully saturated rings. The van der Waals surface area contributed by atoms with E-state index in [-0.39, 0.29) is 6.04 Å². The standard InChI is InChI=1S/C7H16N2O2S/c1-8-12(10,11)9-7-5-3-2-4-6-7/h7-9H,2-6H2,1H3. The van der Waals surface area contributed by atoms with Crippen molar-refractivity contribution in [3.8, 4) is 0 Å². The van der Waals surface area contributed by atoms with Crippen LogP contribution in [-0.4, -0.2) is 21.5 Å². The van der Waals surface area contributed by atoms with Crippen molar-refractivity contribution in [3.63, 3.8) is 0 Å². The molecule has 0 unspecified atom stereocenters. The van der Waals surface area contributed by atoms with Crippen molar-refractivity contribution < 1.29 is 8.42 Å². The predicted molar refractivity (Wildman–Crippen MR) is 48.0 cm³/mol. The summed E-state index contributed by atoms with van der Waals surface area (Å²) in [6.45, 7) is 0. The third kappa shape index (κ3) is 3.08. The zero-order valence-corrected chi connectivity index (χ0v) is 8.15. The van der Waals surface area contributed by atoms with Gasteiger partial charge in [0.25, 0.3) is 10.2 Å². The quantitative estimate of drug-likeness (QED) is 0.679. The monoisotopic (exact) mass is 192 g/mol. The summed E-state index contributed by atoms with van der Waals surface area (Å²) in [5, 5.41) is 0. The number of nitrogens with one attached hydrogen (secondary N) is 2. The first-order chi connectivity index (χ1) is 5.64. The Balaban J connectivity index is 2.39. The molecule has 0 atom stereocenters. The van der Waals surface area contributed by atoms with E-state index in [1.807, 2.05) is 0 Å². The summed E-state index contributed by atoms with van der Waals surface area (Å²) in [5.41, 5.74) is 0. The molecule has 0 aromatic rings. The van der Waals surface area contributed by atoms with Crippen LogP contribution in [0.5, 0.6) is 0 Å². The molecule has 72 valence electrons. The third-order valence-corrected chi connectivity index (χ3v) is 3.38. The molecule has 12 heavy (non-hydrogen) atoms. The van der Waals surface area contributed by atoms with Gasteiger partial charge in [0.1, 0.15) is 0 Å². The van der Waals surface area contributed by atoms with Crippen LogP contribution in [0.2, 0.25) is 0 Å². The van der Waals surface area contributed by atoms with E-state index in [0.717, 1.165) is 25.7 Å². The zero-order valence-electron chi connectivity index (χ0n) is 7.34. The van der Waals surface area contributed by atoms with Gasteiger partial charge in [-0.25, -0.2) is 4.72 Å². The van der Waals surface area contributed by atoms with Gasteiger partial charge < -0.3 is 0 Å². The fourth-order valence-corrected chi connectivity index (χ4v) is 2.29. The highest BCUT2D eigenvalue weighted by Gasteiger charge is 2.18. The second-order valence-corrected chi connectivity index (χ2v) is 4.81. The van der Waals surface area contributed by atoms with Crippen LogP contribution in [0.15, 0.2) is 0 Å². The van der Waals surface area contributed by atoms with E-state index < -0.39 is 10.2 Å². The maximum atomic E-state index is 11.0. The molecule has 0 radical (unpaired) electrons. The molecule has 1 aliphatic carbocycles. The molecule has 0 spiro atoms. The van der Waals surface area contributed by atoms with Crippen molar-refractivity contribution in [3.05, 3.63) is 0 Å². The lowest BCUT2D eigenvalue weighted by atomic mass is 9.96. The van der Waals surface area contributed by atoms with Gasteiger partial charge in [-0.15, -0.1) is 0 Å². The molecule has 0 amide bonds. The Labute approximate surface area is 73.9 Å². The van der Waals surface area contributed by atoms with Crippen LogP contribution in [0.4, 0.5) is 0 Å². The fraction of sp³-hybridized carbons (Fsp3) is 1.00. The summed E-state index contributed by atoms with van der Waals surface area (Å²) in [6.07, 6.45) is 5.45. The second-order valence-electron chi connectivity index (χ2n) is 3.16. The zero-order chi connectivity index (χ0) is 9.03. The minimum atomic E-state index is -3.22. The van der Waals surface area contributed by atoms with E-state index in [1.54, 1.807) is 0 Å². The summed E-state index contributed by atoms with van der Waals surface area (Å²) < 4.78 is 26.9. The lowest BCUT2D eigenvalue weighted by Gasteiger charge is -2.21. The summed E-state index contributed by atoms with van der Waals surface area (Å²) in [5.74, 6) is 0. The molecule has 0 heterocycles. The van der Waals surface area contributed by atoms with Crippen LogP contribution in [-0.2, 0) is 10.2 Å². The molecule has 0 aromatic heterocycles. The predicted octanol–water partition coefficient (Wildman–Crippen LogP) is 0.373. The average molecular weight is 192 g/mol. The molecule has 1 saturated carbocycles. The maximum absolute atomic E-state index is 11.0. The second kappa shape index (κ2) is 4.20. The van der Waals surface area contributed by atoms with Crippen LogP contribution in [0.25, 0.3) is 0 Å². The molecule has 0 bridgehead atoms. The van der Waals surface area contributed by atoms with Gasteiger partial charge in [-0.3, -0.25) is 0 Å². The largest absolute Gasteiger partial charge is 0.276 e. The van der Waals surface area contributed by atoms with Crippen LogP contribution in [0.3, 0.4) is 0 Å². The van der Waals surface area contributed by atoms with Gasteiger partial charge in [-0.05, 0) is 12.8 Å². The van der Waals surface area contributed by atoms with Crippen LogP contribution in [0.1, 0.15) is 32.1 Å². The normalized spacial score (nSPS) is 21.1. The van der Waals surface area contributed by atoms with Crippen molar-refractivity contribution >= 4 is 10.2 Å². The van der Waals surface area contributed by atoms with Crippen molar-refractivity contribution in [1.82, 2.24) is 9.44 Å². The van der Waals surface area contributed by atoms with Gasteiger partial charge >= 0.3 is 0 Å². The van der Waals surface area contributed by atoms with Crippen LogP contribution in [0, 0.1) is 0 Å². The Morgan fingerprint density at radius 2 is 1.75 bits per heavy atom. The molecule has 0 saturated heterocycles. The van der Waals surface area contributed by atoms with Gasteiger partial charge in [-0.2, -0.15) is 13.1 Å². The fourth-order valence-electron chi connectivity index (χ4n) is 1.50. The Bertz CT molecular complexity index is 220. The maximum Gasteiger partial charge on any atom is 0.276 e. The molecule has 1 rings (SSSR count). The number of rotatable bonds is 3. The highest BCUT2D eigenvalue weighted by molar-refractivity contribution is 7.87. The van der Waals surface area contributed by atoms with Gasteiger partial charge in [0.05, 0.1) is 0 Å². The topological polar surface area (TPSA) is 58.2 Å². The summed E-state index contributed by atoms with van der Waals surface area (Å²) >= 11 is 0. The van der Waals surface area contributed by atoms with Gasteiger partial charge in [0.2, 0.25) is 0 Å². The number of hydrogen-bond donors (Lipinski definition) is 2. The van der Waals surface area contributed by atoms with Crippen molar-refractivity contribution in [1.29, 1.82) is 0 Å². The Kier molecular flexibility index (Phi) is 3.49. The van der Waals surface area contributed by atoms with Gasteiger partial charge in [0.15, 0.2) is 0 Å². The van der Waals surface area contributed by atoms with E-state index in [4.69, 9.17) is 0 Å². The molecule has 1 aliphatic rings. The van der Waals surface area contributed by atoms with Crippen molar-refractivity contribution in [2.24, 2.45) is 0 Å². The molecular weight excluding hydrogens is 176 g/mol. The third-order valence-electron chi connectivity index (χ3n) is 2.20. The average Bonchev–Trinajstić information content (AvgIpc) is 2.06. The summed E-state index contributed by atoms with van der Waals surface area (Å²) in [7, 11) is -1.80. The van der Waals surface area contributed by atoms with E-state index in [9.17, 15) is 8.42 Å². The van der Waals surface area contributed by atoms with Crippen molar-refractivity contribution in [2.45, 2.75) is 38.1 Å². The lowest BCUT2D eigenvalue weighted by Crippen LogP contribution is -2.41. The molecule has 2 N–H and O–H groups in total. The SMILES string of the molecule is CNS(=O)(=O)NC1CCCCC1. The molecule has 0 aliphatic heterocycles. The Morgan fingerprint density at radius 3 is 2.25 bits per heavy atom. The highest BCUT2D eigenvalue weighted by Crippen LogP contribution is 2.17. The minimum Gasteiger partial charge on any atom is -0.205 e. The smallest absolute Gasteiger partial charge is 0.205 e. The van der Waals surface area contributed by atoms with Crippen LogP contribution < -0.4 is 9.44 Å². The van der Waals surface area contributed by atoms with E-state index in [2.05, 4.69) is 9.44 Å². The number of hydrogen-bond acceptors (Lipinski definition) is 2. The van der Waals surface area contributed by atoms with E-state index >= 15 is 0 Å². The summed E-state index contributed by atoms with van der Waals surface area (Å²) in [6, 6.07) is 0.149. The molecular formula is C7H16N2O2S. The van der Waals surface area contributed by atoms with E-state index in [1.165, 1.54) is 13.5 Å². The molecule has 4 nitrogen and oxygen atoms in total. The Morgan fingerprint density at radius 1 is 1.17 bits per heavy atom. The highest BCUT2D eigenvalue weighted by atomic mass is 32.2. The van der Waals surface area contributed by atoms with Crippen LogP contribution >= 0.6 is 0 Å². The molecule has 0 aromatic carbocycles. The first kappa shape index (κ1) is 9.95. The summed E-state index contributed by atoms with van der Waals surface area (Å²) in [4.78, 5) is 0. The van der Waals surface area contributed by atoms with Gasteiger partial charge in [0, 0.05) is 13.1 Å².